The number of hydrogen-bond donors (Lipinski definition) is 1. The zero-order valence-corrected chi connectivity index (χ0v) is 24.2. The number of aromatic carboxylic acids is 1. The van der Waals surface area contributed by atoms with Gasteiger partial charge in [-0.1, -0.05) is 11.6 Å². The van der Waals surface area contributed by atoms with E-state index in [1.165, 1.54) is 12.1 Å². The number of ether oxygens (including phenoxy) is 2. The molecule has 13 heteroatoms. The van der Waals surface area contributed by atoms with Gasteiger partial charge in [0.1, 0.15) is 29.8 Å². The number of carbonyl (C=O) groups is 1. The van der Waals surface area contributed by atoms with Crippen LogP contribution in [0, 0.1) is 11.6 Å². The van der Waals surface area contributed by atoms with Crippen molar-refractivity contribution < 1.29 is 41.3 Å². The van der Waals surface area contributed by atoms with Gasteiger partial charge in [0, 0.05) is 24.8 Å². The normalized spacial score (nSPS) is 18.7. The van der Waals surface area contributed by atoms with Gasteiger partial charge in [-0.3, -0.25) is 4.90 Å². The fraction of sp³-hybridized carbons (Fsp3) is 0.355. The van der Waals surface area contributed by atoms with Crippen molar-refractivity contribution in [3.05, 3.63) is 92.8 Å². The van der Waals surface area contributed by atoms with Crippen LogP contribution in [0.25, 0.3) is 11.0 Å². The van der Waals surface area contributed by atoms with E-state index in [0.717, 1.165) is 24.6 Å². The van der Waals surface area contributed by atoms with Gasteiger partial charge in [-0.25, -0.2) is 18.6 Å². The molecule has 0 aliphatic carbocycles. The Balaban J connectivity index is 1.31. The number of carboxylic acids is 1. The van der Waals surface area contributed by atoms with Crippen molar-refractivity contribution in [2.24, 2.45) is 0 Å². The first kappa shape index (κ1) is 30.3. The SMILES string of the molecule is C[C@H]1c2cc(OCc3cc(F)c(Cl)cc3F)c(C(F)(F)F)cc2CCN1Cc1nc2ccc(C(=O)O)cc2n1C[C@@H]1CCO1. The number of fused-ring (bicyclic) bond motifs is 2. The van der Waals surface area contributed by atoms with Gasteiger partial charge in [-0.15, -0.1) is 0 Å². The predicted octanol–water partition coefficient (Wildman–Crippen LogP) is 7.17. The lowest BCUT2D eigenvalue weighted by Gasteiger charge is -2.36. The van der Waals surface area contributed by atoms with Gasteiger partial charge in [0.25, 0.3) is 0 Å². The Bertz CT molecular complexity index is 1750. The molecule has 2 atom stereocenters. The summed E-state index contributed by atoms with van der Waals surface area (Å²) in [7, 11) is 0. The van der Waals surface area contributed by atoms with Crippen molar-refractivity contribution in [2.75, 3.05) is 13.2 Å². The number of alkyl halides is 3. The Labute approximate surface area is 253 Å². The number of hydrogen-bond acceptors (Lipinski definition) is 5. The number of rotatable bonds is 8. The highest BCUT2D eigenvalue weighted by atomic mass is 35.5. The lowest BCUT2D eigenvalue weighted by Crippen LogP contribution is -2.36. The molecule has 0 saturated carbocycles. The minimum atomic E-state index is -4.74. The summed E-state index contributed by atoms with van der Waals surface area (Å²) in [6, 6.07) is 8.32. The zero-order chi connectivity index (χ0) is 31.3. The van der Waals surface area contributed by atoms with Crippen LogP contribution < -0.4 is 4.74 Å². The summed E-state index contributed by atoms with van der Waals surface area (Å²) in [6.45, 7) is 3.17. The third-order valence-corrected chi connectivity index (χ3v) is 8.57. The summed E-state index contributed by atoms with van der Waals surface area (Å²) in [5, 5.41) is 9.07. The molecule has 1 aromatic heterocycles. The summed E-state index contributed by atoms with van der Waals surface area (Å²) in [6.07, 6.45) is -3.58. The molecular formula is C31H27ClF5N3O4. The van der Waals surface area contributed by atoms with Gasteiger partial charge in [0.15, 0.2) is 0 Å². The molecule has 4 aromatic rings. The van der Waals surface area contributed by atoms with E-state index < -0.39 is 46.7 Å². The number of carboxylic acid groups (broad SMARTS) is 1. The van der Waals surface area contributed by atoms with Crippen LogP contribution in [-0.4, -0.2) is 44.8 Å². The lowest BCUT2D eigenvalue weighted by molar-refractivity contribution is -0.139. The van der Waals surface area contributed by atoms with Crippen LogP contribution in [-0.2, 0) is 37.0 Å². The van der Waals surface area contributed by atoms with Crippen molar-refractivity contribution in [1.29, 1.82) is 0 Å². The summed E-state index contributed by atoms with van der Waals surface area (Å²) >= 11 is 5.60. The first-order valence-electron chi connectivity index (χ1n) is 14.0. The second-order valence-corrected chi connectivity index (χ2v) is 11.4. The Morgan fingerprint density at radius 2 is 1.93 bits per heavy atom. The maximum atomic E-state index is 14.3. The van der Waals surface area contributed by atoms with E-state index in [-0.39, 0.29) is 23.3 Å². The zero-order valence-electron chi connectivity index (χ0n) is 23.4. The van der Waals surface area contributed by atoms with Gasteiger partial charge in [-0.2, -0.15) is 13.2 Å². The number of imidazole rings is 1. The number of benzene rings is 3. The van der Waals surface area contributed by atoms with Gasteiger partial charge < -0.3 is 19.1 Å². The molecule has 3 heterocycles. The van der Waals surface area contributed by atoms with Crippen LogP contribution in [0.3, 0.4) is 0 Å². The smallest absolute Gasteiger partial charge is 0.419 e. The van der Waals surface area contributed by atoms with Gasteiger partial charge in [0.05, 0.1) is 46.4 Å². The van der Waals surface area contributed by atoms with Crippen LogP contribution in [0.1, 0.15) is 57.8 Å². The molecule has 0 radical (unpaired) electrons. The minimum absolute atomic E-state index is 0.0291. The molecule has 6 rings (SSSR count). The molecule has 232 valence electrons. The third-order valence-electron chi connectivity index (χ3n) is 8.28. The molecule has 2 aliphatic rings. The summed E-state index contributed by atoms with van der Waals surface area (Å²) < 4.78 is 83.5. The van der Waals surface area contributed by atoms with E-state index in [9.17, 15) is 31.9 Å². The highest BCUT2D eigenvalue weighted by Crippen LogP contribution is 2.42. The Morgan fingerprint density at radius 3 is 2.61 bits per heavy atom. The second-order valence-electron chi connectivity index (χ2n) is 11.0. The number of aromatic nitrogens is 2. The van der Waals surface area contributed by atoms with Crippen LogP contribution >= 0.6 is 11.6 Å². The van der Waals surface area contributed by atoms with Crippen LogP contribution in [0.5, 0.6) is 5.75 Å². The molecule has 7 nitrogen and oxygen atoms in total. The van der Waals surface area contributed by atoms with Crippen molar-refractivity contribution in [3.63, 3.8) is 0 Å². The molecule has 0 unspecified atom stereocenters. The van der Waals surface area contributed by atoms with E-state index in [2.05, 4.69) is 4.90 Å². The summed E-state index contributed by atoms with van der Waals surface area (Å²) in [4.78, 5) is 18.5. The van der Waals surface area contributed by atoms with Crippen molar-refractivity contribution in [3.8, 4) is 5.75 Å². The minimum Gasteiger partial charge on any atom is -0.488 e. The average Bonchev–Trinajstić information content (AvgIpc) is 3.28. The number of halogens is 6. The molecular weight excluding hydrogens is 609 g/mol. The Morgan fingerprint density at radius 1 is 1.16 bits per heavy atom. The molecule has 0 spiro atoms. The Hall–Kier alpha value is -3.74. The van der Waals surface area contributed by atoms with E-state index in [0.29, 0.717) is 60.6 Å². The largest absolute Gasteiger partial charge is 0.488 e. The van der Waals surface area contributed by atoms with Gasteiger partial charge >= 0.3 is 12.1 Å². The van der Waals surface area contributed by atoms with E-state index in [1.807, 2.05) is 11.5 Å². The average molecular weight is 636 g/mol. The Kier molecular flexibility index (Phi) is 8.02. The summed E-state index contributed by atoms with van der Waals surface area (Å²) in [5.41, 5.74) is 1.28. The molecule has 3 aromatic carbocycles. The van der Waals surface area contributed by atoms with Crippen LogP contribution in [0.15, 0.2) is 42.5 Å². The third kappa shape index (κ3) is 5.85. The van der Waals surface area contributed by atoms with Crippen LogP contribution in [0.4, 0.5) is 22.0 Å². The fourth-order valence-electron chi connectivity index (χ4n) is 5.73. The lowest BCUT2D eigenvalue weighted by atomic mass is 9.91. The molecule has 2 aliphatic heterocycles. The van der Waals surface area contributed by atoms with Crippen LogP contribution in [0.2, 0.25) is 5.02 Å². The quantitative estimate of drug-likeness (QED) is 0.163. The summed E-state index contributed by atoms with van der Waals surface area (Å²) in [5.74, 6) is -2.67. The topological polar surface area (TPSA) is 76.8 Å². The molecule has 1 saturated heterocycles. The van der Waals surface area contributed by atoms with Gasteiger partial charge in [-0.05, 0) is 73.4 Å². The maximum Gasteiger partial charge on any atom is 0.419 e. The molecule has 1 fully saturated rings. The standard InChI is InChI=1S/C31H27ClF5N3O4/c1-16-21-11-28(44-15-19-9-25(34)23(32)12-24(19)33)22(31(35,36)37)8-17(21)4-6-39(16)14-29-38-26-3-2-18(30(41)42)10-27(26)40(29)13-20-5-7-43-20/h2-3,8-12,16,20H,4-7,13-15H2,1H3,(H,41,42)/t16-,20-/m0/s1. The van der Waals surface area contributed by atoms with Crippen molar-refractivity contribution in [2.45, 2.75) is 57.8 Å². The monoisotopic (exact) mass is 635 g/mol. The molecule has 44 heavy (non-hydrogen) atoms. The molecule has 0 amide bonds. The predicted molar refractivity (Wildman–Crippen MR) is 151 cm³/mol. The fourth-order valence-corrected chi connectivity index (χ4v) is 5.88. The van der Waals surface area contributed by atoms with E-state index in [1.54, 1.807) is 12.1 Å². The van der Waals surface area contributed by atoms with Crippen molar-refractivity contribution >= 4 is 28.6 Å². The highest BCUT2D eigenvalue weighted by Gasteiger charge is 2.37. The first-order chi connectivity index (χ1) is 20.9. The maximum absolute atomic E-state index is 14.3. The van der Waals surface area contributed by atoms with E-state index in [4.69, 9.17) is 26.1 Å². The van der Waals surface area contributed by atoms with Crippen molar-refractivity contribution in [1.82, 2.24) is 14.5 Å². The first-order valence-corrected chi connectivity index (χ1v) is 14.3. The van der Waals surface area contributed by atoms with E-state index >= 15 is 0 Å². The number of nitrogens with zero attached hydrogens (tertiary/aromatic N) is 3. The highest BCUT2D eigenvalue weighted by molar-refractivity contribution is 6.30. The molecule has 1 N–H and O–H groups in total. The second kappa shape index (κ2) is 11.6. The van der Waals surface area contributed by atoms with Gasteiger partial charge in [0.2, 0.25) is 0 Å². The molecule has 0 bridgehead atoms.